The minimum Gasteiger partial charge on any atom is -0.375 e. The maximum Gasteiger partial charge on any atom is 0.180 e. The number of thiophene rings is 1. The molecule has 5 rings (SSSR count). The van der Waals surface area contributed by atoms with Gasteiger partial charge >= 0.3 is 0 Å². The Hall–Kier alpha value is -1.63. The molecule has 1 atom stereocenters. The summed E-state index contributed by atoms with van der Waals surface area (Å²) in [6, 6.07) is 10.4. The van der Waals surface area contributed by atoms with E-state index in [1.54, 1.807) is 11.3 Å². The molecule has 0 radical (unpaired) electrons. The van der Waals surface area contributed by atoms with Crippen molar-refractivity contribution in [3.63, 3.8) is 0 Å². The highest BCUT2D eigenvalue weighted by Crippen LogP contribution is 2.35. The number of thiazole rings is 1. The van der Waals surface area contributed by atoms with Crippen LogP contribution in [0.1, 0.15) is 43.2 Å². The van der Waals surface area contributed by atoms with E-state index in [1.807, 2.05) is 11.3 Å². The first-order chi connectivity index (χ1) is 14.2. The molecule has 154 valence electrons. The lowest BCUT2D eigenvalue weighted by Crippen LogP contribution is -2.51. The van der Waals surface area contributed by atoms with Crippen molar-refractivity contribution in [3.8, 4) is 0 Å². The van der Waals surface area contributed by atoms with Crippen LogP contribution in [0.2, 0.25) is 0 Å². The molecule has 0 amide bonds. The molecule has 2 aliphatic rings. The SMILES string of the molecule is CCCN(C1CCN(c2cccc3sccc23)CC1)[C@H]1CCc2nc(N)sc2C1. The summed E-state index contributed by atoms with van der Waals surface area (Å²) in [6.07, 6.45) is 7.20. The molecular weight excluding hydrogens is 396 g/mol. The second-order valence-corrected chi connectivity index (χ2v) is 10.4. The first-order valence-corrected chi connectivity index (χ1v) is 12.6. The molecule has 0 saturated carbocycles. The van der Waals surface area contributed by atoms with Gasteiger partial charge in [0.1, 0.15) is 0 Å². The minimum absolute atomic E-state index is 0.652. The highest BCUT2D eigenvalue weighted by Gasteiger charge is 2.32. The number of aromatic nitrogens is 1. The number of nitrogens with two attached hydrogens (primary N) is 1. The van der Waals surface area contributed by atoms with E-state index in [-0.39, 0.29) is 0 Å². The lowest BCUT2D eigenvalue weighted by molar-refractivity contribution is 0.103. The predicted molar refractivity (Wildman–Crippen MR) is 126 cm³/mol. The summed E-state index contributed by atoms with van der Waals surface area (Å²) in [5.41, 5.74) is 8.66. The molecule has 1 aliphatic heterocycles. The maximum absolute atomic E-state index is 5.97. The van der Waals surface area contributed by atoms with Crippen molar-refractivity contribution in [2.45, 2.75) is 57.5 Å². The van der Waals surface area contributed by atoms with E-state index in [4.69, 9.17) is 5.73 Å². The quantitative estimate of drug-likeness (QED) is 0.611. The summed E-state index contributed by atoms with van der Waals surface area (Å²) in [4.78, 5) is 11.4. The predicted octanol–water partition coefficient (Wildman–Crippen LogP) is 5.18. The molecule has 3 heterocycles. The van der Waals surface area contributed by atoms with Gasteiger partial charge in [-0.25, -0.2) is 4.98 Å². The molecule has 1 saturated heterocycles. The fraction of sp³-hybridized carbons (Fsp3) is 0.522. The van der Waals surface area contributed by atoms with Crippen LogP contribution in [0.4, 0.5) is 10.8 Å². The number of anilines is 2. The molecule has 1 fully saturated rings. The Balaban J connectivity index is 1.28. The van der Waals surface area contributed by atoms with Gasteiger partial charge in [0.2, 0.25) is 0 Å². The Bertz CT molecular complexity index is 970. The van der Waals surface area contributed by atoms with Crippen molar-refractivity contribution >= 4 is 43.6 Å². The molecule has 1 aliphatic carbocycles. The summed E-state index contributed by atoms with van der Waals surface area (Å²) >= 11 is 3.55. The second-order valence-electron chi connectivity index (χ2n) is 8.38. The van der Waals surface area contributed by atoms with Crippen molar-refractivity contribution in [2.75, 3.05) is 30.3 Å². The van der Waals surface area contributed by atoms with Gasteiger partial charge in [-0.2, -0.15) is 0 Å². The van der Waals surface area contributed by atoms with Gasteiger partial charge < -0.3 is 10.6 Å². The Morgan fingerprint density at radius 2 is 2.03 bits per heavy atom. The number of aryl methyl sites for hydroxylation is 1. The third kappa shape index (κ3) is 3.78. The van der Waals surface area contributed by atoms with Crippen molar-refractivity contribution < 1.29 is 0 Å². The monoisotopic (exact) mass is 426 g/mol. The van der Waals surface area contributed by atoms with Gasteiger partial charge in [-0.15, -0.1) is 22.7 Å². The summed E-state index contributed by atoms with van der Waals surface area (Å²) in [7, 11) is 0. The number of benzene rings is 1. The van der Waals surface area contributed by atoms with Crippen molar-refractivity contribution in [1.82, 2.24) is 9.88 Å². The number of rotatable bonds is 5. The minimum atomic E-state index is 0.652. The Morgan fingerprint density at radius 1 is 1.17 bits per heavy atom. The molecule has 4 nitrogen and oxygen atoms in total. The van der Waals surface area contributed by atoms with E-state index in [1.165, 1.54) is 58.6 Å². The summed E-state index contributed by atoms with van der Waals surface area (Å²) in [6.45, 7) is 5.84. The average Bonchev–Trinajstić information content (AvgIpc) is 3.37. The van der Waals surface area contributed by atoms with Crippen LogP contribution in [0, 0.1) is 0 Å². The summed E-state index contributed by atoms with van der Waals surface area (Å²) in [5, 5.41) is 4.38. The van der Waals surface area contributed by atoms with Crippen LogP contribution >= 0.6 is 22.7 Å². The van der Waals surface area contributed by atoms with Crippen LogP contribution in [0.5, 0.6) is 0 Å². The van der Waals surface area contributed by atoms with Crippen LogP contribution < -0.4 is 10.6 Å². The molecule has 2 aromatic heterocycles. The molecule has 6 heteroatoms. The molecule has 29 heavy (non-hydrogen) atoms. The van der Waals surface area contributed by atoms with E-state index in [0.29, 0.717) is 12.1 Å². The van der Waals surface area contributed by atoms with Gasteiger partial charge in [0.15, 0.2) is 5.13 Å². The fourth-order valence-corrected chi connectivity index (χ4v) is 7.03. The number of nitrogens with zero attached hydrogens (tertiary/aromatic N) is 3. The van der Waals surface area contributed by atoms with E-state index in [9.17, 15) is 0 Å². The van der Waals surface area contributed by atoms with E-state index in [0.717, 1.165) is 31.1 Å². The first kappa shape index (κ1) is 19.3. The second kappa shape index (κ2) is 8.25. The number of fused-ring (bicyclic) bond motifs is 2. The molecule has 0 spiro atoms. The van der Waals surface area contributed by atoms with Crippen LogP contribution in [-0.2, 0) is 12.8 Å². The molecule has 2 N–H and O–H groups in total. The first-order valence-electron chi connectivity index (χ1n) is 10.9. The van der Waals surface area contributed by atoms with Gasteiger partial charge in [-0.1, -0.05) is 13.0 Å². The Kier molecular flexibility index (Phi) is 5.50. The number of piperidine rings is 1. The molecule has 3 aromatic rings. The number of nitrogen functional groups attached to an aromatic ring is 1. The highest BCUT2D eigenvalue weighted by atomic mass is 32.1. The standard InChI is InChI=1S/C23H30N4S2/c1-2-11-27(17-6-7-19-22(15-17)29-23(24)25-19)16-8-12-26(13-9-16)20-4-3-5-21-18(20)10-14-28-21/h3-5,10,14,16-17H,2,6-9,11-13,15H2,1H3,(H2,24,25)/t17-/m0/s1. The van der Waals surface area contributed by atoms with Crippen LogP contribution in [-0.4, -0.2) is 41.6 Å². The fourth-order valence-electron chi connectivity index (χ4n) is 5.27. The van der Waals surface area contributed by atoms with Gasteiger partial charge in [0, 0.05) is 45.8 Å². The Labute approximate surface area is 181 Å². The van der Waals surface area contributed by atoms with Crippen LogP contribution in [0.3, 0.4) is 0 Å². The van der Waals surface area contributed by atoms with E-state index in [2.05, 4.69) is 51.4 Å². The smallest absolute Gasteiger partial charge is 0.180 e. The van der Waals surface area contributed by atoms with Gasteiger partial charge in [-0.05, 0) is 68.6 Å². The topological polar surface area (TPSA) is 45.4 Å². The summed E-state index contributed by atoms with van der Waals surface area (Å²) < 4.78 is 1.40. The zero-order chi connectivity index (χ0) is 19.8. The third-order valence-electron chi connectivity index (χ3n) is 6.63. The molecule has 0 bridgehead atoms. The number of hydrogen-bond acceptors (Lipinski definition) is 6. The lowest BCUT2D eigenvalue weighted by Gasteiger charge is -2.44. The van der Waals surface area contributed by atoms with Crippen molar-refractivity contribution in [1.29, 1.82) is 0 Å². The summed E-state index contributed by atoms with van der Waals surface area (Å²) in [5.74, 6) is 0. The number of hydrogen-bond donors (Lipinski definition) is 1. The van der Waals surface area contributed by atoms with Crippen LogP contribution in [0.15, 0.2) is 29.6 Å². The van der Waals surface area contributed by atoms with Crippen LogP contribution in [0.25, 0.3) is 10.1 Å². The Morgan fingerprint density at radius 3 is 2.86 bits per heavy atom. The zero-order valence-electron chi connectivity index (χ0n) is 17.1. The normalized spacial score (nSPS) is 20.5. The van der Waals surface area contributed by atoms with Gasteiger partial charge in [0.05, 0.1) is 5.69 Å². The van der Waals surface area contributed by atoms with Gasteiger partial charge in [-0.3, -0.25) is 4.90 Å². The third-order valence-corrected chi connectivity index (χ3v) is 8.46. The lowest BCUT2D eigenvalue weighted by atomic mass is 9.92. The molecule has 1 aromatic carbocycles. The maximum atomic E-state index is 5.97. The average molecular weight is 427 g/mol. The molecule has 0 unspecified atom stereocenters. The van der Waals surface area contributed by atoms with Crippen molar-refractivity contribution in [2.24, 2.45) is 0 Å². The van der Waals surface area contributed by atoms with Crippen molar-refractivity contribution in [3.05, 3.63) is 40.2 Å². The van der Waals surface area contributed by atoms with E-state index < -0.39 is 0 Å². The largest absolute Gasteiger partial charge is 0.375 e. The highest BCUT2D eigenvalue weighted by molar-refractivity contribution is 7.17. The van der Waals surface area contributed by atoms with E-state index >= 15 is 0 Å². The zero-order valence-corrected chi connectivity index (χ0v) is 18.8. The molecular formula is C23H30N4S2. The van der Waals surface area contributed by atoms with Gasteiger partial charge in [0.25, 0.3) is 0 Å².